The Balaban J connectivity index is 2.18. The molecule has 0 aliphatic rings. The minimum absolute atomic E-state index is 0.0313. The van der Waals surface area contributed by atoms with Gasteiger partial charge < -0.3 is 0 Å². The van der Waals surface area contributed by atoms with Gasteiger partial charge in [-0.05, 0) is 24.1 Å². The number of aromatic nitrogens is 2. The van der Waals surface area contributed by atoms with E-state index in [1.54, 1.807) is 24.1 Å². The van der Waals surface area contributed by atoms with Crippen LogP contribution >= 0.6 is 11.6 Å². The standard InChI is InChI=1S/C13H13ClN2O/c1-9-3-4-10(12(14)5-9)6-13(17)11-7-15-16(2)8-11/h3-5,7-8H,6H2,1-2H3. The predicted molar refractivity (Wildman–Crippen MR) is 67.4 cm³/mol. The number of hydrogen-bond donors (Lipinski definition) is 0. The molecule has 0 aliphatic carbocycles. The number of nitrogens with zero attached hydrogens (tertiary/aromatic N) is 2. The van der Waals surface area contributed by atoms with E-state index in [9.17, 15) is 4.79 Å². The van der Waals surface area contributed by atoms with Crippen molar-refractivity contribution in [1.82, 2.24) is 9.78 Å². The summed E-state index contributed by atoms with van der Waals surface area (Å²) in [6.07, 6.45) is 3.60. The highest BCUT2D eigenvalue weighted by Gasteiger charge is 2.11. The maximum absolute atomic E-state index is 12.0. The van der Waals surface area contributed by atoms with Crippen LogP contribution in [-0.2, 0) is 13.5 Å². The molecule has 1 aromatic heterocycles. The fraction of sp³-hybridized carbons (Fsp3) is 0.231. The molecule has 0 atom stereocenters. The lowest BCUT2D eigenvalue weighted by Gasteiger charge is -2.03. The van der Waals surface area contributed by atoms with Crippen LogP contribution in [0.15, 0.2) is 30.6 Å². The first-order chi connectivity index (χ1) is 8.06. The van der Waals surface area contributed by atoms with Gasteiger partial charge in [-0.2, -0.15) is 5.10 Å². The average Bonchev–Trinajstić information content (AvgIpc) is 2.69. The first-order valence-corrected chi connectivity index (χ1v) is 5.71. The van der Waals surface area contributed by atoms with E-state index in [-0.39, 0.29) is 5.78 Å². The molecular weight excluding hydrogens is 236 g/mol. The molecule has 0 saturated carbocycles. The molecule has 3 nitrogen and oxygen atoms in total. The molecular formula is C13H13ClN2O. The fourth-order valence-electron chi connectivity index (χ4n) is 1.64. The van der Waals surface area contributed by atoms with Gasteiger partial charge in [0.15, 0.2) is 5.78 Å². The third-order valence-electron chi connectivity index (χ3n) is 2.59. The van der Waals surface area contributed by atoms with Gasteiger partial charge in [0.2, 0.25) is 0 Å². The largest absolute Gasteiger partial charge is 0.294 e. The first kappa shape index (κ1) is 11.9. The van der Waals surface area contributed by atoms with Crippen molar-refractivity contribution in [2.75, 3.05) is 0 Å². The third-order valence-corrected chi connectivity index (χ3v) is 2.94. The predicted octanol–water partition coefficient (Wildman–Crippen LogP) is 2.81. The van der Waals surface area contributed by atoms with Crippen LogP contribution in [0.1, 0.15) is 21.5 Å². The number of halogens is 1. The minimum atomic E-state index is 0.0313. The molecule has 0 unspecified atom stereocenters. The number of hydrogen-bond acceptors (Lipinski definition) is 2. The summed E-state index contributed by atoms with van der Waals surface area (Å²) in [6, 6.07) is 5.72. The van der Waals surface area contributed by atoms with Gasteiger partial charge in [0.05, 0.1) is 11.8 Å². The zero-order chi connectivity index (χ0) is 12.4. The summed E-state index contributed by atoms with van der Waals surface area (Å²) in [5, 5.41) is 4.62. The minimum Gasteiger partial charge on any atom is -0.294 e. The van der Waals surface area contributed by atoms with Gasteiger partial charge in [-0.25, -0.2) is 0 Å². The highest BCUT2D eigenvalue weighted by molar-refractivity contribution is 6.31. The summed E-state index contributed by atoms with van der Waals surface area (Å²) in [5.41, 5.74) is 2.56. The number of carbonyl (C=O) groups is 1. The fourth-order valence-corrected chi connectivity index (χ4v) is 1.94. The summed E-state index contributed by atoms with van der Waals surface area (Å²) >= 11 is 6.09. The van der Waals surface area contributed by atoms with Gasteiger partial charge in [-0.1, -0.05) is 23.7 Å². The molecule has 0 spiro atoms. The van der Waals surface area contributed by atoms with Gasteiger partial charge in [0.25, 0.3) is 0 Å². The first-order valence-electron chi connectivity index (χ1n) is 5.33. The number of benzene rings is 1. The molecule has 0 aliphatic heterocycles. The second kappa shape index (κ2) is 4.72. The van der Waals surface area contributed by atoms with Crippen molar-refractivity contribution in [1.29, 1.82) is 0 Å². The third kappa shape index (κ3) is 2.74. The van der Waals surface area contributed by atoms with Gasteiger partial charge in [-0.3, -0.25) is 9.48 Å². The van der Waals surface area contributed by atoms with Crippen LogP contribution < -0.4 is 0 Å². The van der Waals surface area contributed by atoms with E-state index < -0.39 is 0 Å². The summed E-state index contributed by atoms with van der Waals surface area (Å²) < 4.78 is 1.62. The zero-order valence-electron chi connectivity index (χ0n) is 9.77. The quantitative estimate of drug-likeness (QED) is 0.783. The number of Topliss-reactive ketones (excluding diaryl/α,β-unsaturated/α-hetero) is 1. The van der Waals surface area contributed by atoms with Gasteiger partial charge in [0.1, 0.15) is 0 Å². The Kier molecular flexibility index (Phi) is 3.29. The lowest BCUT2D eigenvalue weighted by molar-refractivity contribution is 0.0993. The zero-order valence-corrected chi connectivity index (χ0v) is 10.5. The Morgan fingerprint density at radius 3 is 2.82 bits per heavy atom. The molecule has 0 bridgehead atoms. The Hall–Kier alpha value is -1.61. The van der Waals surface area contributed by atoms with Crippen molar-refractivity contribution in [3.05, 3.63) is 52.3 Å². The maximum atomic E-state index is 12.0. The van der Waals surface area contributed by atoms with Crippen LogP contribution in [0, 0.1) is 6.92 Å². The van der Waals surface area contributed by atoms with E-state index in [2.05, 4.69) is 5.10 Å². The second-order valence-electron chi connectivity index (χ2n) is 4.10. The van der Waals surface area contributed by atoms with E-state index in [4.69, 9.17) is 11.6 Å². The molecule has 1 heterocycles. The van der Waals surface area contributed by atoms with Crippen molar-refractivity contribution < 1.29 is 4.79 Å². The average molecular weight is 249 g/mol. The number of rotatable bonds is 3. The van der Waals surface area contributed by atoms with E-state index >= 15 is 0 Å². The van der Waals surface area contributed by atoms with E-state index in [0.717, 1.165) is 11.1 Å². The molecule has 0 N–H and O–H groups in total. The molecule has 17 heavy (non-hydrogen) atoms. The molecule has 2 aromatic rings. The maximum Gasteiger partial charge on any atom is 0.170 e. The molecule has 88 valence electrons. The van der Waals surface area contributed by atoms with Crippen LogP contribution in [-0.4, -0.2) is 15.6 Å². The lowest BCUT2D eigenvalue weighted by Crippen LogP contribution is -2.03. The highest BCUT2D eigenvalue weighted by atomic mass is 35.5. The Morgan fingerprint density at radius 2 is 2.24 bits per heavy atom. The SMILES string of the molecule is Cc1ccc(CC(=O)c2cnn(C)c2)c(Cl)c1. The molecule has 0 saturated heterocycles. The normalized spacial score (nSPS) is 10.5. The summed E-state index contributed by atoms with van der Waals surface area (Å²) in [5.74, 6) is 0.0313. The van der Waals surface area contributed by atoms with Crippen molar-refractivity contribution in [2.24, 2.45) is 7.05 Å². The smallest absolute Gasteiger partial charge is 0.170 e. The molecule has 4 heteroatoms. The summed E-state index contributed by atoms with van der Waals surface area (Å²) in [6.45, 7) is 1.97. The second-order valence-corrected chi connectivity index (χ2v) is 4.50. The van der Waals surface area contributed by atoms with Crippen molar-refractivity contribution in [3.63, 3.8) is 0 Å². The monoisotopic (exact) mass is 248 g/mol. The van der Waals surface area contributed by atoms with Crippen LogP contribution in [0.3, 0.4) is 0 Å². The molecule has 0 radical (unpaired) electrons. The van der Waals surface area contributed by atoms with Crippen LogP contribution in [0.2, 0.25) is 5.02 Å². The van der Waals surface area contributed by atoms with Crippen LogP contribution in [0.4, 0.5) is 0 Å². The topological polar surface area (TPSA) is 34.9 Å². The van der Waals surface area contributed by atoms with E-state index in [0.29, 0.717) is 17.0 Å². The molecule has 0 fully saturated rings. The molecule has 0 amide bonds. The summed E-state index contributed by atoms with van der Waals surface area (Å²) in [7, 11) is 1.79. The lowest BCUT2D eigenvalue weighted by atomic mass is 10.0. The number of carbonyl (C=O) groups excluding carboxylic acids is 1. The van der Waals surface area contributed by atoms with Gasteiger partial charge >= 0.3 is 0 Å². The van der Waals surface area contributed by atoms with E-state index in [1.807, 2.05) is 25.1 Å². The van der Waals surface area contributed by atoms with Gasteiger partial charge in [0, 0.05) is 24.7 Å². The van der Waals surface area contributed by atoms with Crippen molar-refractivity contribution in [2.45, 2.75) is 13.3 Å². The van der Waals surface area contributed by atoms with Crippen molar-refractivity contribution >= 4 is 17.4 Å². The molecule has 2 rings (SSSR count). The van der Waals surface area contributed by atoms with Crippen LogP contribution in [0.25, 0.3) is 0 Å². The summed E-state index contributed by atoms with van der Waals surface area (Å²) in [4.78, 5) is 12.0. The number of aryl methyl sites for hydroxylation is 2. The Morgan fingerprint density at radius 1 is 1.47 bits per heavy atom. The van der Waals surface area contributed by atoms with E-state index in [1.165, 1.54) is 0 Å². The molecule has 1 aromatic carbocycles. The number of ketones is 1. The van der Waals surface area contributed by atoms with Crippen molar-refractivity contribution in [3.8, 4) is 0 Å². The van der Waals surface area contributed by atoms with Crippen LogP contribution in [0.5, 0.6) is 0 Å². The highest BCUT2D eigenvalue weighted by Crippen LogP contribution is 2.19. The Labute approximate surface area is 105 Å². The van der Waals surface area contributed by atoms with Gasteiger partial charge in [-0.15, -0.1) is 0 Å². The Bertz CT molecular complexity index is 560.